The molecule has 0 fully saturated rings. The van der Waals surface area contributed by atoms with E-state index in [2.05, 4.69) is 10.2 Å². The second-order valence-corrected chi connectivity index (χ2v) is 4.30. The number of ether oxygens (including phenoxy) is 2. The molecule has 0 aliphatic rings. The van der Waals surface area contributed by atoms with E-state index in [9.17, 15) is 5.11 Å². The first kappa shape index (κ1) is 14.7. The molecule has 0 spiro atoms. The number of nitrogens with one attached hydrogen (secondary N) is 1. The molecule has 2 N–H and O–H groups in total. The fourth-order valence-electron chi connectivity index (χ4n) is 1.95. The van der Waals surface area contributed by atoms with Crippen molar-refractivity contribution in [1.82, 2.24) is 10.2 Å². The first-order valence-electron chi connectivity index (χ1n) is 6.77. The standard InChI is InChI=1S/C15H20N2O3/c1-3-19-15(20-4-2)13-10-12(16-17-13)14(18)11-8-6-5-7-9-11/h5-10,14-15,18H,3-4H2,1-2H3,(H,16,17). The third-order valence-corrected chi connectivity index (χ3v) is 2.90. The third kappa shape index (κ3) is 3.45. The minimum absolute atomic E-state index is 0.502. The Labute approximate surface area is 118 Å². The molecule has 0 aliphatic heterocycles. The lowest BCUT2D eigenvalue weighted by Gasteiger charge is -2.14. The molecule has 5 heteroatoms. The molecule has 1 aromatic heterocycles. The summed E-state index contributed by atoms with van der Waals surface area (Å²) >= 11 is 0. The van der Waals surface area contributed by atoms with E-state index in [0.717, 1.165) is 5.56 Å². The molecule has 1 heterocycles. The van der Waals surface area contributed by atoms with Crippen LogP contribution in [0.1, 0.15) is 43.2 Å². The molecule has 5 nitrogen and oxygen atoms in total. The normalized spacial score (nSPS) is 12.8. The molecule has 0 saturated heterocycles. The van der Waals surface area contributed by atoms with Crippen LogP contribution in [-0.2, 0) is 9.47 Å². The predicted molar refractivity (Wildman–Crippen MR) is 75.1 cm³/mol. The van der Waals surface area contributed by atoms with Crippen molar-refractivity contribution in [2.24, 2.45) is 0 Å². The summed E-state index contributed by atoms with van der Waals surface area (Å²) in [6.45, 7) is 4.87. The number of rotatable bonds is 7. The highest BCUT2D eigenvalue weighted by Crippen LogP contribution is 2.24. The van der Waals surface area contributed by atoms with Crippen molar-refractivity contribution in [3.63, 3.8) is 0 Å². The number of aliphatic hydroxyl groups excluding tert-OH is 1. The van der Waals surface area contributed by atoms with E-state index in [1.54, 1.807) is 6.07 Å². The van der Waals surface area contributed by atoms with Gasteiger partial charge in [0.15, 0.2) is 0 Å². The van der Waals surface area contributed by atoms with Crippen LogP contribution < -0.4 is 0 Å². The fourth-order valence-corrected chi connectivity index (χ4v) is 1.95. The molecule has 0 aliphatic carbocycles. The van der Waals surface area contributed by atoms with E-state index < -0.39 is 12.4 Å². The van der Waals surface area contributed by atoms with Gasteiger partial charge in [-0.25, -0.2) is 0 Å². The number of benzene rings is 1. The number of aromatic nitrogens is 2. The minimum Gasteiger partial charge on any atom is -0.382 e. The van der Waals surface area contributed by atoms with Gasteiger partial charge in [0, 0.05) is 13.2 Å². The molecule has 108 valence electrons. The molecule has 20 heavy (non-hydrogen) atoms. The van der Waals surface area contributed by atoms with Gasteiger partial charge in [-0.1, -0.05) is 30.3 Å². The number of aromatic amines is 1. The lowest BCUT2D eigenvalue weighted by molar-refractivity contribution is -0.142. The average Bonchev–Trinajstić information content (AvgIpc) is 2.97. The van der Waals surface area contributed by atoms with Crippen LogP contribution in [-0.4, -0.2) is 28.5 Å². The van der Waals surface area contributed by atoms with Gasteiger partial charge in [-0.05, 0) is 25.5 Å². The van der Waals surface area contributed by atoms with Gasteiger partial charge in [0.05, 0.1) is 5.69 Å². The van der Waals surface area contributed by atoms with Gasteiger partial charge in [-0.2, -0.15) is 5.10 Å². The second kappa shape index (κ2) is 7.19. The molecule has 0 bridgehead atoms. The van der Waals surface area contributed by atoms with E-state index in [-0.39, 0.29) is 0 Å². The van der Waals surface area contributed by atoms with Crippen molar-refractivity contribution >= 4 is 0 Å². The molecular formula is C15H20N2O3. The smallest absolute Gasteiger partial charge is 0.202 e. The zero-order chi connectivity index (χ0) is 14.4. The first-order valence-corrected chi connectivity index (χ1v) is 6.77. The minimum atomic E-state index is -0.735. The maximum absolute atomic E-state index is 10.3. The Kier molecular flexibility index (Phi) is 5.29. The average molecular weight is 276 g/mol. The summed E-state index contributed by atoms with van der Waals surface area (Å²) in [6.07, 6.45) is -1.24. The molecule has 0 saturated carbocycles. The third-order valence-electron chi connectivity index (χ3n) is 2.90. The SMILES string of the molecule is CCOC(OCC)c1cc(C(O)c2ccccc2)[nH]n1. The highest BCUT2D eigenvalue weighted by molar-refractivity contribution is 5.26. The lowest BCUT2D eigenvalue weighted by atomic mass is 10.1. The lowest BCUT2D eigenvalue weighted by Crippen LogP contribution is -2.09. The van der Waals surface area contributed by atoms with E-state index in [4.69, 9.17) is 9.47 Å². The summed E-state index contributed by atoms with van der Waals surface area (Å²) in [5.41, 5.74) is 2.07. The van der Waals surface area contributed by atoms with Gasteiger partial charge in [0.25, 0.3) is 0 Å². The Morgan fingerprint density at radius 2 is 1.80 bits per heavy atom. The van der Waals surface area contributed by atoms with Crippen LogP contribution >= 0.6 is 0 Å². The number of hydrogen-bond acceptors (Lipinski definition) is 4. The van der Waals surface area contributed by atoms with Gasteiger partial charge in [0.2, 0.25) is 6.29 Å². The summed E-state index contributed by atoms with van der Waals surface area (Å²) in [7, 11) is 0. The van der Waals surface area contributed by atoms with Crippen LogP contribution in [0.25, 0.3) is 0 Å². The molecule has 0 amide bonds. The van der Waals surface area contributed by atoms with Crippen LogP contribution in [0.15, 0.2) is 36.4 Å². The summed E-state index contributed by atoms with van der Waals surface area (Å²) < 4.78 is 11.0. The molecule has 0 radical (unpaired) electrons. The molecule has 2 rings (SSSR count). The van der Waals surface area contributed by atoms with Gasteiger partial charge >= 0.3 is 0 Å². The summed E-state index contributed by atoms with van der Waals surface area (Å²) in [5.74, 6) is 0. The van der Waals surface area contributed by atoms with Gasteiger partial charge < -0.3 is 14.6 Å². The van der Waals surface area contributed by atoms with E-state index >= 15 is 0 Å². The van der Waals surface area contributed by atoms with Crippen molar-refractivity contribution in [2.75, 3.05) is 13.2 Å². The number of hydrogen-bond donors (Lipinski definition) is 2. The fraction of sp³-hybridized carbons (Fsp3) is 0.400. The Bertz CT molecular complexity index is 507. The highest BCUT2D eigenvalue weighted by Gasteiger charge is 2.19. The van der Waals surface area contributed by atoms with Gasteiger partial charge in [0.1, 0.15) is 11.8 Å². The Morgan fingerprint density at radius 1 is 1.15 bits per heavy atom. The molecule has 1 atom stereocenters. The van der Waals surface area contributed by atoms with Gasteiger partial charge in [-0.3, -0.25) is 5.10 Å². The summed E-state index contributed by atoms with van der Waals surface area (Å²) in [4.78, 5) is 0. The quantitative estimate of drug-likeness (QED) is 0.763. The van der Waals surface area contributed by atoms with E-state index in [1.807, 2.05) is 44.2 Å². The Hall–Kier alpha value is -1.69. The van der Waals surface area contributed by atoms with Gasteiger partial charge in [-0.15, -0.1) is 0 Å². The number of H-pyrrole nitrogens is 1. The second-order valence-electron chi connectivity index (χ2n) is 4.30. The molecular weight excluding hydrogens is 256 g/mol. The largest absolute Gasteiger partial charge is 0.382 e. The molecule has 1 unspecified atom stereocenters. The number of aliphatic hydroxyl groups is 1. The molecule has 2 aromatic rings. The van der Waals surface area contributed by atoms with Crippen LogP contribution in [0.5, 0.6) is 0 Å². The van der Waals surface area contributed by atoms with E-state index in [1.165, 1.54) is 0 Å². The Morgan fingerprint density at radius 3 is 2.40 bits per heavy atom. The summed E-state index contributed by atoms with van der Waals surface area (Å²) in [5, 5.41) is 17.3. The van der Waals surface area contributed by atoms with Crippen LogP contribution in [0.3, 0.4) is 0 Å². The van der Waals surface area contributed by atoms with Crippen LogP contribution in [0, 0.1) is 0 Å². The number of nitrogens with zero attached hydrogens (tertiary/aromatic N) is 1. The Balaban J connectivity index is 2.15. The van der Waals surface area contributed by atoms with Crippen LogP contribution in [0.2, 0.25) is 0 Å². The maximum atomic E-state index is 10.3. The predicted octanol–water partition coefficient (Wildman–Crippen LogP) is 2.56. The molecule has 1 aromatic carbocycles. The maximum Gasteiger partial charge on any atom is 0.202 e. The van der Waals surface area contributed by atoms with E-state index in [0.29, 0.717) is 24.6 Å². The van der Waals surface area contributed by atoms with Crippen molar-refractivity contribution in [3.8, 4) is 0 Å². The van der Waals surface area contributed by atoms with Crippen molar-refractivity contribution in [2.45, 2.75) is 26.2 Å². The zero-order valence-electron chi connectivity index (χ0n) is 11.7. The topological polar surface area (TPSA) is 67.4 Å². The monoisotopic (exact) mass is 276 g/mol. The van der Waals surface area contributed by atoms with Crippen LogP contribution in [0.4, 0.5) is 0 Å². The highest BCUT2D eigenvalue weighted by atomic mass is 16.7. The first-order chi connectivity index (χ1) is 9.76. The zero-order valence-corrected chi connectivity index (χ0v) is 11.7. The summed E-state index contributed by atoms with van der Waals surface area (Å²) in [6, 6.07) is 11.2. The van der Waals surface area contributed by atoms with Crippen molar-refractivity contribution in [1.29, 1.82) is 0 Å². The van der Waals surface area contributed by atoms with Crippen molar-refractivity contribution in [3.05, 3.63) is 53.3 Å². The van der Waals surface area contributed by atoms with Crippen molar-refractivity contribution < 1.29 is 14.6 Å².